The standard InChI is InChI=1S/C14H20N2O2S/c1-11-2-4-12(5-3-11)19-9-7-16-14(17)13-10-15-6-8-18-13/h2-5,13,15H,6-10H2,1H3,(H,16,17). The Balaban J connectivity index is 1.63. The Morgan fingerprint density at radius 3 is 2.95 bits per heavy atom. The van der Waals surface area contributed by atoms with Crippen LogP contribution in [-0.2, 0) is 9.53 Å². The van der Waals surface area contributed by atoms with E-state index in [9.17, 15) is 4.79 Å². The second-order valence-corrected chi connectivity index (χ2v) is 5.68. The van der Waals surface area contributed by atoms with E-state index in [0.717, 1.165) is 12.3 Å². The fraction of sp³-hybridized carbons (Fsp3) is 0.500. The molecule has 1 heterocycles. The number of hydrogen-bond acceptors (Lipinski definition) is 4. The van der Waals surface area contributed by atoms with Crippen molar-refractivity contribution in [1.29, 1.82) is 0 Å². The third-order valence-electron chi connectivity index (χ3n) is 2.91. The van der Waals surface area contributed by atoms with E-state index in [4.69, 9.17) is 4.74 Å². The van der Waals surface area contributed by atoms with E-state index >= 15 is 0 Å². The van der Waals surface area contributed by atoms with Crippen molar-refractivity contribution in [3.05, 3.63) is 29.8 Å². The van der Waals surface area contributed by atoms with Gasteiger partial charge >= 0.3 is 0 Å². The molecule has 0 bridgehead atoms. The van der Waals surface area contributed by atoms with Gasteiger partial charge in [0.15, 0.2) is 0 Å². The summed E-state index contributed by atoms with van der Waals surface area (Å²) in [6, 6.07) is 8.41. The van der Waals surface area contributed by atoms with Gasteiger partial charge in [-0.05, 0) is 19.1 Å². The van der Waals surface area contributed by atoms with Crippen molar-refractivity contribution in [2.75, 3.05) is 32.0 Å². The van der Waals surface area contributed by atoms with Crippen LogP contribution in [0.5, 0.6) is 0 Å². The van der Waals surface area contributed by atoms with Gasteiger partial charge in [0.05, 0.1) is 6.61 Å². The zero-order valence-corrected chi connectivity index (χ0v) is 12.0. The van der Waals surface area contributed by atoms with Gasteiger partial charge in [0.25, 0.3) is 0 Å². The lowest BCUT2D eigenvalue weighted by molar-refractivity contribution is -0.134. The van der Waals surface area contributed by atoms with Crippen molar-refractivity contribution in [2.24, 2.45) is 0 Å². The highest BCUT2D eigenvalue weighted by Gasteiger charge is 2.20. The predicted molar refractivity (Wildman–Crippen MR) is 77.5 cm³/mol. The maximum Gasteiger partial charge on any atom is 0.250 e. The van der Waals surface area contributed by atoms with Gasteiger partial charge in [-0.1, -0.05) is 17.7 Å². The van der Waals surface area contributed by atoms with Gasteiger partial charge in [-0.25, -0.2) is 0 Å². The average molecular weight is 280 g/mol. The fourth-order valence-corrected chi connectivity index (χ4v) is 2.59. The van der Waals surface area contributed by atoms with Crippen LogP contribution in [0.4, 0.5) is 0 Å². The first-order chi connectivity index (χ1) is 9.25. The zero-order valence-electron chi connectivity index (χ0n) is 11.1. The molecular weight excluding hydrogens is 260 g/mol. The van der Waals surface area contributed by atoms with Gasteiger partial charge in [0.2, 0.25) is 5.91 Å². The minimum atomic E-state index is -0.335. The third kappa shape index (κ3) is 4.86. The van der Waals surface area contributed by atoms with E-state index in [1.807, 2.05) is 0 Å². The second-order valence-electron chi connectivity index (χ2n) is 4.52. The molecule has 104 valence electrons. The number of aryl methyl sites for hydroxylation is 1. The van der Waals surface area contributed by atoms with Crippen molar-refractivity contribution >= 4 is 17.7 Å². The van der Waals surface area contributed by atoms with E-state index in [1.165, 1.54) is 10.5 Å². The Labute approximate surface area is 118 Å². The zero-order chi connectivity index (χ0) is 13.5. The molecule has 0 spiro atoms. The number of amides is 1. The number of morpholine rings is 1. The molecule has 1 unspecified atom stereocenters. The molecule has 1 aromatic carbocycles. The molecule has 1 saturated heterocycles. The lowest BCUT2D eigenvalue weighted by atomic mass is 10.2. The van der Waals surface area contributed by atoms with Gasteiger partial charge in [-0.15, -0.1) is 11.8 Å². The summed E-state index contributed by atoms with van der Waals surface area (Å²) in [6.07, 6.45) is -0.335. The normalized spacial score (nSPS) is 19.1. The molecule has 19 heavy (non-hydrogen) atoms. The lowest BCUT2D eigenvalue weighted by Crippen LogP contribution is -2.48. The molecule has 1 aliphatic heterocycles. The van der Waals surface area contributed by atoms with Gasteiger partial charge in [0, 0.05) is 30.3 Å². The summed E-state index contributed by atoms with van der Waals surface area (Å²) in [7, 11) is 0. The molecule has 1 amide bonds. The highest BCUT2D eigenvalue weighted by Crippen LogP contribution is 2.17. The van der Waals surface area contributed by atoms with Crippen LogP contribution in [0.2, 0.25) is 0 Å². The van der Waals surface area contributed by atoms with Gasteiger partial charge in [-0.2, -0.15) is 0 Å². The molecule has 5 heteroatoms. The summed E-state index contributed by atoms with van der Waals surface area (Å²) < 4.78 is 5.39. The molecule has 0 saturated carbocycles. The lowest BCUT2D eigenvalue weighted by Gasteiger charge is -2.22. The topological polar surface area (TPSA) is 50.4 Å². The predicted octanol–water partition coefficient (Wildman–Crippen LogP) is 1.19. The van der Waals surface area contributed by atoms with E-state index in [-0.39, 0.29) is 12.0 Å². The molecule has 0 aromatic heterocycles. The van der Waals surface area contributed by atoms with Crippen LogP contribution in [0.3, 0.4) is 0 Å². The van der Waals surface area contributed by atoms with Crippen LogP contribution in [0.1, 0.15) is 5.56 Å². The molecule has 0 radical (unpaired) electrons. The first-order valence-corrected chi connectivity index (χ1v) is 7.54. The van der Waals surface area contributed by atoms with E-state index < -0.39 is 0 Å². The number of carbonyl (C=O) groups excluding carboxylic acids is 1. The van der Waals surface area contributed by atoms with Gasteiger partial charge in [-0.3, -0.25) is 4.79 Å². The number of rotatable bonds is 5. The Bertz CT molecular complexity index is 402. The highest BCUT2D eigenvalue weighted by molar-refractivity contribution is 7.99. The van der Waals surface area contributed by atoms with Gasteiger partial charge < -0.3 is 15.4 Å². The van der Waals surface area contributed by atoms with Crippen molar-refractivity contribution in [2.45, 2.75) is 17.9 Å². The molecule has 1 aromatic rings. The third-order valence-corrected chi connectivity index (χ3v) is 3.92. The summed E-state index contributed by atoms with van der Waals surface area (Å²) in [5.74, 6) is 0.853. The number of thioether (sulfide) groups is 1. The summed E-state index contributed by atoms with van der Waals surface area (Å²) in [6.45, 7) is 4.78. The van der Waals surface area contributed by atoms with Crippen LogP contribution < -0.4 is 10.6 Å². The molecule has 0 aliphatic carbocycles. The van der Waals surface area contributed by atoms with Crippen molar-refractivity contribution < 1.29 is 9.53 Å². The Hall–Kier alpha value is -1.04. The van der Waals surface area contributed by atoms with E-state index in [1.54, 1.807) is 11.8 Å². The quantitative estimate of drug-likeness (QED) is 0.628. The molecule has 1 fully saturated rings. The van der Waals surface area contributed by atoms with E-state index in [2.05, 4.69) is 41.8 Å². The Morgan fingerprint density at radius 2 is 2.26 bits per heavy atom. The average Bonchev–Trinajstić information content (AvgIpc) is 2.46. The van der Waals surface area contributed by atoms with Crippen molar-refractivity contribution in [3.8, 4) is 0 Å². The van der Waals surface area contributed by atoms with Crippen LogP contribution in [0, 0.1) is 6.92 Å². The largest absolute Gasteiger partial charge is 0.366 e. The Kier molecular flexibility index (Phi) is 5.69. The minimum Gasteiger partial charge on any atom is -0.366 e. The van der Waals surface area contributed by atoms with Crippen molar-refractivity contribution in [1.82, 2.24) is 10.6 Å². The monoisotopic (exact) mass is 280 g/mol. The van der Waals surface area contributed by atoms with Crippen LogP contribution in [0.25, 0.3) is 0 Å². The molecule has 2 rings (SSSR count). The minimum absolute atomic E-state index is 0.0169. The SMILES string of the molecule is Cc1ccc(SCCNC(=O)C2CNCCO2)cc1. The van der Waals surface area contributed by atoms with Gasteiger partial charge in [0.1, 0.15) is 6.10 Å². The highest BCUT2D eigenvalue weighted by atomic mass is 32.2. The number of hydrogen-bond donors (Lipinski definition) is 2. The molecular formula is C14H20N2O2S. The van der Waals surface area contributed by atoms with Crippen LogP contribution >= 0.6 is 11.8 Å². The first kappa shape index (κ1) is 14.4. The number of benzene rings is 1. The number of carbonyl (C=O) groups is 1. The molecule has 1 aliphatic rings. The molecule has 2 N–H and O–H groups in total. The number of ether oxygens (including phenoxy) is 1. The summed E-state index contributed by atoms with van der Waals surface area (Å²) in [5, 5.41) is 6.06. The van der Waals surface area contributed by atoms with Crippen molar-refractivity contribution in [3.63, 3.8) is 0 Å². The van der Waals surface area contributed by atoms with Crippen LogP contribution in [0.15, 0.2) is 29.2 Å². The maximum absolute atomic E-state index is 11.8. The van der Waals surface area contributed by atoms with E-state index in [0.29, 0.717) is 19.7 Å². The maximum atomic E-state index is 11.8. The Morgan fingerprint density at radius 1 is 1.47 bits per heavy atom. The molecule has 4 nitrogen and oxygen atoms in total. The van der Waals surface area contributed by atoms with Crippen LogP contribution in [-0.4, -0.2) is 44.0 Å². The molecule has 1 atom stereocenters. The fourth-order valence-electron chi connectivity index (χ4n) is 1.83. The number of nitrogens with one attached hydrogen (secondary N) is 2. The summed E-state index contributed by atoms with van der Waals surface area (Å²) in [5.41, 5.74) is 1.26. The smallest absolute Gasteiger partial charge is 0.250 e. The summed E-state index contributed by atoms with van der Waals surface area (Å²) in [4.78, 5) is 13.0. The first-order valence-electron chi connectivity index (χ1n) is 6.55. The second kappa shape index (κ2) is 7.53. The summed E-state index contributed by atoms with van der Waals surface area (Å²) >= 11 is 1.75.